The summed E-state index contributed by atoms with van der Waals surface area (Å²) < 4.78 is 11.3. The number of amides is 2. The lowest BCUT2D eigenvalue weighted by Crippen LogP contribution is -2.48. The molecule has 2 unspecified atom stereocenters. The van der Waals surface area contributed by atoms with Crippen LogP contribution in [-0.2, 0) is 19.1 Å². The van der Waals surface area contributed by atoms with Crippen LogP contribution < -0.4 is 15.0 Å². The van der Waals surface area contributed by atoms with Crippen molar-refractivity contribution in [1.29, 1.82) is 0 Å². The Morgan fingerprint density at radius 3 is 2.63 bits per heavy atom. The van der Waals surface area contributed by atoms with Crippen molar-refractivity contribution in [2.24, 2.45) is 0 Å². The first-order chi connectivity index (χ1) is 16.9. The van der Waals surface area contributed by atoms with Gasteiger partial charge in [0.25, 0.3) is 11.8 Å². The number of hydrogen-bond donors (Lipinski definition) is 1. The predicted octanol–water partition coefficient (Wildman–Crippen LogP) is 4.18. The summed E-state index contributed by atoms with van der Waals surface area (Å²) in [4.78, 5) is 40.3. The van der Waals surface area contributed by atoms with Crippen LogP contribution in [-0.4, -0.2) is 42.6 Å². The van der Waals surface area contributed by atoms with Crippen LogP contribution >= 0.6 is 0 Å². The second kappa shape index (κ2) is 11.2. The maximum absolute atomic E-state index is 13.1. The third kappa shape index (κ3) is 6.29. The average Bonchev–Trinajstić information content (AvgIpc) is 2.86. The lowest BCUT2D eigenvalue weighted by molar-refractivity contribution is -0.152. The summed E-state index contributed by atoms with van der Waals surface area (Å²) in [7, 11) is 0. The molecule has 1 saturated carbocycles. The van der Waals surface area contributed by atoms with Gasteiger partial charge in [-0.25, -0.2) is 0 Å². The predicted molar refractivity (Wildman–Crippen MR) is 134 cm³/mol. The quantitative estimate of drug-likeness (QED) is 0.606. The second-order valence-corrected chi connectivity index (χ2v) is 9.18. The van der Waals surface area contributed by atoms with Crippen molar-refractivity contribution in [1.82, 2.24) is 5.32 Å². The minimum absolute atomic E-state index is 0.0825. The Bertz CT molecular complexity index is 1090. The molecule has 0 spiro atoms. The molecule has 7 nitrogen and oxygen atoms in total. The van der Waals surface area contributed by atoms with Crippen molar-refractivity contribution in [2.75, 3.05) is 11.4 Å². The number of carbonyl (C=O) groups excluding carboxylic acids is 3. The number of nitrogens with one attached hydrogen (secondary N) is 1. The van der Waals surface area contributed by atoms with Crippen LogP contribution in [0.15, 0.2) is 54.6 Å². The summed E-state index contributed by atoms with van der Waals surface area (Å²) in [5.41, 5.74) is 2.34. The number of ether oxygens (including phenoxy) is 2. The molecule has 4 rings (SSSR count). The number of hydrogen-bond acceptors (Lipinski definition) is 5. The summed E-state index contributed by atoms with van der Waals surface area (Å²) in [6.45, 7) is 3.24. The fraction of sp³-hybridized carbons (Fsp3) is 0.393. The molecule has 1 N–H and O–H groups in total. The monoisotopic (exact) mass is 476 g/mol. The van der Waals surface area contributed by atoms with Gasteiger partial charge in [-0.1, -0.05) is 61.7 Å². The zero-order chi connectivity index (χ0) is 24.8. The van der Waals surface area contributed by atoms with E-state index in [1.54, 1.807) is 31.2 Å². The maximum Gasteiger partial charge on any atom is 0.327 e. The van der Waals surface area contributed by atoms with Crippen molar-refractivity contribution in [3.05, 3.63) is 65.7 Å². The van der Waals surface area contributed by atoms with Gasteiger partial charge in [-0.15, -0.1) is 0 Å². The van der Waals surface area contributed by atoms with Gasteiger partial charge in [0.2, 0.25) is 0 Å². The van der Waals surface area contributed by atoms with Crippen molar-refractivity contribution < 1.29 is 23.9 Å². The summed E-state index contributed by atoms with van der Waals surface area (Å²) in [6.07, 6.45) is 6.70. The molecule has 0 saturated heterocycles. The highest BCUT2D eigenvalue weighted by atomic mass is 16.5. The number of benzene rings is 2. The molecule has 7 heteroatoms. The highest BCUT2D eigenvalue weighted by Crippen LogP contribution is 2.34. The summed E-state index contributed by atoms with van der Waals surface area (Å²) in [5.74, 6) is -0.814. The second-order valence-electron chi connectivity index (χ2n) is 9.18. The molecule has 0 bridgehead atoms. The van der Waals surface area contributed by atoms with Crippen LogP contribution in [0.5, 0.6) is 5.75 Å². The fourth-order valence-corrected chi connectivity index (χ4v) is 4.46. The zero-order valence-electron chi connectivity index (χ0n) is 20.2. The minimum Gasteiger partial charge on any atom is -0.479 e. The molecule has 1 fully saturated rings. The van der Waals surface area contributed by atoms with Gasteiger partial charge in [0.15, 0.2) is 12.2 Å². The van der Waals surface area contributed by atoms with Gasteiger partial charge in [-0.3, -0.25) is 19.3 Å². The van der Waals surface area contributed by atoms with Gasteiger partial charge in [-0.05, 0) is 56.0 Å². The fourth-order valence-electron chi connectivity index (χ4n) is 4.46. The van der Waals surface area contributed by atoms with Gasteiger partial charge in [0.05, 0.1) is 5.69 Å². The standard InChI is InChI=1S/C28H32N2O5/c1-19-13-15-24-23(17-19)30(28(33)20(2)34-24)18-26(31)35-25(16-14-21-9-5-3-6-10-21)27(32)29-22-11-7-4-8-12-22/h3,5-6,9-10,13-17,20,22,25H,4,7-8,11-12,18H2,1-2H3,(H,29,32). The lowest BCUT2D eigenvalue weighted by Gasteiger charge is -2.32. The highest BCUT2D eigenvalue weighted by molar-refractivity contribution is 6.03. The molecule has 1 aliphatic heterocycles. The number of rotatable bonds is 7. The molecule has 0 aromatic heterocycles. The van der Waals surface area contributed by atoms with Crippen molar-refractivity contribution in [3.63, 3.8) is 0 Å². The molecule has 2 aliphatic rings. The van der Waals surface area contributed by atoms with E-state index in [-0.39, 0.29) is 24.4 Å². The Kier molecular flexibility index (Phi) is 7.85. The SMILES string of the molecule is Cc1ccc2c(c1)N(CC(=O)OC(C=Cc1ccccc1)C(=O)NC1CCCCC1)C(=O)C(C)O2. The van der Waals surface area contributed by atoms with E-state index < -0.39 is 18.2 Å². The third-order valence-corrected chi connectivity index (χ3v) is 6.34. The van der Waals surface area contributed by atoms with E-state index in [4.69, 9.17) is 9.47 Å². The van der Waals surface area contributed by atoms with Crippen molar-refractivity contribution in [2.45, 2.75) is 64.2 Å². The average molecular weight is 477 g/mol. The van der Waals surface area contributed by atoms with Crippen LogP contribution in [0.3, 0.4) is 0 Å². The summed E-state index contributed by atoms with van der Waals surface area (Å²) >= 11 is 0. The maximum atomic E-state index is 13.1. The highest BCUT2D eigenvalue weighted by Gasteiger charge is 2.34. The Hall–Kier alpha value is -3.61. The molecule has 1 aliphatic carbocycles. The Balaban J connectivity index is 1.50. The summed E-state index contributed by atoms with van der Waals surface area (Å²) in [6, 6.07) is 15.1. The van der Waals surface area contributed by atoms with Gasteiger partial charge in [0.1, 0.15) is 12.3 Å². The third-order valence-electron chi connectivity index (χ3n) is 6.34. The molecule has 184 valence electrons. The van der Waals surface area contributed by atoms with E-state index in [1.807, 2.05) is 43.3 Å². The van der Waals surface area contributed by atoms with Gasteiger partial charge in [0, 0.05) is 6.04 Å². The van der Waals surface area contributed by atoms with Gasteiger partial charge >= 0.3 is 5.97 Å². The molecular formula is C28H32N2O5. The topological polar surface area (TPSA) is 84.9 Å². The van der Waals surface area contributed by atoms with Crippen LogP contribution in [0.4, 0.5) is 5.69 Å². The van der Waals surface area contributed by atoms with Crippen LogP contribution in [0.1, 0.15) is 50.2 Å². The van der Waals surface area contributed by atoms with Gasteiger partial charge < -0.3 is 14.8 Å². The molecule has 2 aromatic carbocycles. The molecule has 2 aromatic rings. The Morgan fingerprint density at radius 1 is 1.14 bits per heavy atom. The smallest absolute Gasteiger partial charge is 0.327 e. The Labute approximate surface area is 206 Å². The largest absolute Gasteiger partial charge is 0.479 e. The lowest BCUT2D eigenvalue weighted by atomic mass is 9.95. The van der Waals surface area contributed by atoms with E-state index in [0.29, 0.717) is 11.4 Å². The minimum atomic E-state index is -1.10. The van der Waals surface area contributed by atoms with Crippen molar-refractivity contribution >= 4 is 29.5 Å². The molecule has 2 atom stereocenters. The number of aryl methyl sites for hydroxylation is 1. The number of nitrogens with zero attached hydrogens (tertiary/aromatic N) is 1. The molecule has 0 radical (unpaired) electrons. The zero-order valence-corrected chi connectivity index (χ0v) is 20.2. The van der Waals surface area contributed by atoms with Gasteiger partial charge in [-0.2, -0.15) is 0 Å². The van der Waals surface area contributed by atoms with E-state index in [9.17, 15) is 14.4 Å². The van der Waals surface area contributed by atoms with E-state index in [0.717, 1.165) is 36.8 Å². The molecule has 2 amide bonds. The first kappa shape index (κ1) is 24.5. The Morgan fingerprint density at radius 2 is 1.89 bits per heavy atom. The van der Waals surface area contributed by atoms with E-state index in [2.05, 4.69) is 5.32 Å². The molecular weight excluding hydrogens is 444 g/mol. The number of anilines is 1. The van der Waals surface area contributed by atoms with E-state index >= 15 is 0 Å². The molecule has 1 heterocycles. The number of esters is 1. The van der Waals surface area contributed by atoms with Crippen LogP contribution in [0.2, 0.25) is 0 Å². The normalized spacial score (nSPS) is 19.1. The number of fused-ring (bicyclic) bond motifs is 1. The van der Waals surface area contributed by atoms with Crippen molar-refractivity contribution in [3.8, 4) is 5.75 Å². The first-order valence-corrected chi connectivity index (χ1v) is 12.2. The van der Waals surface area contributed by atoms with Crippen LogP contribution in [0.25, 0.3) is 6.08 Å². The molecule has 35 heavy (non-hydrogen) atoms. The number of carbonyl (C=O) groups is 3. The van der Waals surface area contributed by atoms with E-state index in [1.165, 1.54) is 11.3 Å². The summed E-state index contributed by atoms with van der Waals surface area (Å²) in [5, 5.41) is 3.04. The first-order valence-electron chi connectivity index (χ1n) is 12.2. The van der Waals surface area contributed by atoms with Crippen LogP contribution in [0, 0.1) is 6.92 Å².